The minimum absolute atomic E-state index is 0.820. The van der Waals surface area contributed by atoms with Crippen LogP contribution in [0.25, 0.3) is 39.6 Å². The molecule has 0 aliphatic heterocycles. The molecule has 4 heterocycles. The molecular formula is C35H40N6. The average molecular weight is 545 g/mol. The fourth-order valence-corrected chi connectivity index (χ4v) is 5.13. The average Bonchev–Trinajstić information content (AvgIpc) is 3.52. The number of hydrogen-bond donors (Lipinski definition) is 0. The fraction of sp³-hybridized carbons (Fsp3) is 0.343. The number of rotatable bonds is 15. The Hall–Kier alpha value is -4.19. The summed E-state index contributed by atoms with van der Waals surface area (Å²) in [6.07, 6.45) is 20.0. The lowest BCUT2D eigenvalue weighted by Gasteiger charge is -2.10. The smallest absolute Gasteiger partial charge is 0.0900 e. The molecule has 0 aliphatic rings. The van der Waals surface area contributed by atoms with Crippen LogP contribution < -0.4 is 0 Å². The monoisotopic (exact) mass is 544 g/mol. The number of hydrogen-bond acceptors (Lipinski definition) is 5. The van der Waals surface area contributed by atoms with Crippen molar-refractivity contribution in [3.63, 3.8) is 0 Å². The second-order valence-electron chi connectivity index (χ2n) is 10.7. The lowest BCUT2D eigenvalue weighted by molar-refractivity contribution is 0.555. The third-order valence-electron chi connectivity index (χ3n) is 7.47. The van der Waals surface area contributed by atoms with Crippen LogP contribution in [0.3, 0.4) is 0 Å². The molecule has 0 radical (unpaired) electrons. The number of aryl methyl sites for hydroxylation is 1. The van der Waals surface area contributed by atoms with Gasteiger partial charge in [0.05, 0.1) is 40.4 Å². The van der Waals surface area contributed by atoms with Crippen LogP contribution in [-0.4, -0.2) is 29.9 Å². The van der Waals surface area contributed by atoms with Crippen LogP contribution in [0.4, 0.5) is 0 Å². The minimum Gasteiger partial charge on any atom is -0.255 e. The maximum Gasteiger partial charge on any atom is 0.0900 e. The summed E-state index contributed by atoms with van der Waals surface area (Å²) in [6.45, 7) is 2.28. The number of aromatic nitrogens is 6. The molecule has 0 bridgehead atoms. The predicted molar refractivity (Wildman–Crippen MR) is 167 cm³/mol. The van der Waals surface area contributed by atoms with E-state index >= 15 is 0 Å². The third-order valence-corrected chi connectivity index (χ3v) is 7.47. The molecule has 0 fully saturated rings. The molecule has 0 aliphatic carbocycles. The van der Waals surface area contributed by atoms with Crippen LogP contribution in [0, 0.1) is 0 Å². The highest BCUT2D eigenvalue weighted by molar-refractivity contribution is 5.75. The van der Waals surface area contributed by atoms with Gasteiger partial charge in [0.1, 0.15) is 0 Å². The van der Waals surface area contributed by atoms with E-state index in [9.17, 15) is 0 Å². The van der Waals surface area contributed by atoms with E-state index in [1.165, 1.54) is 64.2 Å². The van der Waals surface area contributed by atoms with E-state index in [2.05, 4.69) is 69.8 Å². The van der Waals surface area contributed by atoms with Gasteiger partial charge < -0.3 is 0 Å². The highest BCUT2D eigenvalue weighted by Gasteiger charge is 2.11. The van der Waals surface area contributed by atoms with Crippen molar-refractivity contribution in [2.75, 3.05) is 0 Å². The van der Waals surface area contributed by atoms with Crippen LogP contribution >= 0.6 is 0 Å². The van der Waals surface area contributed by atoms with Gasteiger partial charge in [-0.3, -0.25) is 9.97 Å². The van der Waals surface area contributed by atoms with E-state index in [1.54, 1.807) is 12.4 Å². The van der Waals surface area contributed by atoms with Crippen molar-refractivity contribution in [3.05, 3.63) is 97.1 Å². The van der Waals surface area contributed by atoms with Gasteiger partial charge in [-0.1, -0.05) is 94.2 Å². The van der Waals surface area contributed by atoms with Gasteiger partial charge in [-0.2, -0.15) is 0 Å². The summed E-state index contributed by atoms with van der Waals surface area (Å²) in [6, 6.07) is 24.4. The molecule has 0 saturated heterocycles. The largest absolute Gasteiger partial charge is 0.255 e. The van der Waals surface area contributed by atoms with Crippen molar-refractivity contribution in [2.24, 2.45) is 0 Å². The zero-order chi connectivity index (χ0) is 28.1. The number of pyridine rings is 3. The number of unbranched alkanes of at least 4 members (excludes halogenated alkanes) is 9. The molecule has 0 saturated carbocycles. The first-order valence-electron chi connectivity index (χ1n) is 15.2. The van der Waals surface area contributed by atoms with Crippen molar-refractivity contribution in [3.8, 4) is 39.6 Å². The molecule has 0 N–H and O–H groups in total. The summed E-state index contributed by atoms with van der Waals surface area (Å²) >= 11 is 0. The summed E-state index contributed by atoms with van der Waals surface area (Å²) in [5.74, 6) is 0. The minimum atomic E-state index is 0.820. The second kappa shape index (κ2) is 15.0. The first kappa shape index (κ1) is 28.3. The van der Waals surface area contributed by atoms with Crippen molar-refractivity contribution < 1.29 is 0 Å². The maximum atomic E-state index is 4.88. The zero-order valence-electron chi connectivity index (χ0n) is 24.1. The molecule has 6 heteroatoms. The molecular weight excluding hydrogens is 504 g/mol. The fourth-order valence-electron chi connectivity index (χ4n) is 5.13. The molecule has 0 amide bonds. The molecule has 1 aromatic carbocycles. The van der Waals surface area contributed by atoms with Crippen molar-refractivity contribution >= 4 is 0 Å². The highest BCUT2D eigenvalue weighted by Crippen LogP contribution is 2.29. The molecule has 210 valence electrons. The van der Waals surface area contributed by atoms with Crippen LogP contribution in [0.5, 0.6) is 0 Å². The standard InChI is InChI=1S/C35H40N6/c1-2-3-4-5-6-7-8-9-10-11-16-30-27-41(40-39-30)31-21-19-28(20-22-31)29-25-34(32-17-12-14-23-36-32)38-35(26-29)33-18-13-15-24-37-33/h12-15,17-27H,2-11,16H2,1H3. The van der Waals surface area contributed by atoms with Crippen LogP contribution in [0.15, 0.2) is 91.4 Å². The molecule has 0 spiro atoms. The number of benzene rings is 1. The zero-order valence-corrected chi connectivity index (χ0v) is 24.1. The second-order valence-corrected chi connectivity index (χ2v) is 10.7. The quantitative estimate of drug-likeness (QED) is 0.123. The Morgan fingerprint density at radius 2 is 1.17 bits per heavy atom. The van der Waals surface area contributed by atoms with Gasteiger partial charge in [0.2, 0.25) is 0 Å². The molecule has 41 heavy (non-hydrogen) atoms. The predicted octanol–water partition coefficient (Wildman–Crippen LogP) is 8.92. The Balaban J connectivity index is 1.21. The lowest BCUT2D eigenvalue weighted by atomic mass is 10.0. The van der Waals surface area contributed by atoms with E-state index in [4.69, 9.17) is 4.98 Å². The lowest BCUT2D eigenvalue weighted by Crippen LogP contribution is -1.96. The summed E-state index contributed by atoms with van der Waals surface area (Å²) in [5, 5.41) is 8.83. The normalized spacial score (nSPS) is 11.1. The van der Waals surface area contributed by atoms with Crippen molar-refractivity contribution in [2.45, 2.75) is 77.6 Å². The highest BCUT2D eigenvalue weighted by atomic mass is 15.4. The summed E-state index contributed by atoms with van der Waals surface area (Å²) in [7, 11) is 0. The first-order chi connectivity index (χ1) is 20.3. The molecule has 5 aromatic rings. The molecule has 5 rings (SSSR count). The number of nitrogens with zero attached hydrogens (tertiary/aromatic N) is 6. The van der Waals surface area contributed by atoms with Crippen molar-refractivity contribution in [1.29, 1.82) is 0 Å². The van der Waals surface area contributed by atoms with E-state index in [-0.39, 0.29) is 0 Å². The Labute approximate surface area is 243 Å². The Bertz CT molecular complexity index is 1400. The molecule has 4 aromatic heterocycles. The SMILES string of the molecule is CCCCCCCCCCCCc1cn(-c2ccc(-c3cc(-c4ccccn4)nc(-c4ccccn4)c3)cc2)nn1. The van der Waals surface area contributed by atoms with Gasteiger partial charge >= 0.3 is 0 Å². The Kier molecular flexibility index (Phi) is 10.4. The molecule has 6 nitrogen and oxygen atoms in total. The van der Waals surface area contributed by atoms with E-state index < -0.39 is 0 Å². The third kappa shape index (κ3) is 8.16. The van der Waals surface area contributed by atoms with E-state index in [1.807, 2.05) is 41.1 Å². The van der Waals surface area contributed by atoms with Gasteiger partial charge in [-0.25, -0.2) is 9.67 Å². The first-order valence-corrected chi connectivity index (χ1v) is 15.2. The maximum absolute atomic E-state index is 4.88. The van der Waals surface area contributed by atoms with E-state index in [0.29, 0.717) is 0 Å². The molecule has 0 unspecified atom stereocenters. The molecule has 0 atom stereocenters. The van der Waals surface area contributed by atoms with Crippen molar-refractivity contribution in [1.82, 2.24) is 29.9 Å². The Morgan fingerprint density at radius 1 is 0.585 bits per heavy atom. The van der Waals surface area contributed by atoms with Crippen LogP contribution in [0.1, 0.15) is 76.8 Å². The Morgan fingerprint density at radius 3 is 1.73 bits per heavy atom. The van der Waals surface area contributed by atoms with Gasteiger partial charge in [-0.05, 0) is 72.5 Å². The summed E-state index contributed by atoms with van der Waals surface area (Å²) < 4.78 is 1.88. The van der Waals surface area contributed by atoms with Gasteiger partial charge in [0.15, 0.2) is 0 Å². The topological polar surface area (TPSA) is 69.4 Å². The van der Waals surface area contributed by atoms with Crippen LogP contribution in [-0.2, 0) is 6.42 Å². The van der Waals surface area contributed by atoms with Crippen LogP contribution in [0.2, 0.25) is 0 Å². The van der Waals surface area contributed by atoms with Gasteiger partial charge in [-0.15, -0.1) is 5.10 Å². The van der Waals surface area contributed by atoms with Gasteiger partial charge in [0.25, 0.3) is 0 Å². The van der Waals surface area contributed by atoms with E-state index in [0.717, 1.165) is 51.7 Å². The van der Waals surface area contributed by atoms with Gasteiger partial charge in [0, 0.05) is 12.4 Å². The summed E-state index contributed by atoms with van der Waals surface area (Å²) in [5.41, 5.74) is 7.52. The summed E-state index contributed by atoms with van der Waals surface area (Å²) in [4.78, 5) is 13.9.